The Labute approximate surface area is 92.8 Å². The van der Waals surface area contributed by atoms with E-state index in [2.05, 4.69) is 9.44 Å². The maximum atomic E-state index is 11.4. The highest BCUT2D eigenvalue weighted by atomic mass is 32.2. The molecule has 0 spiro atoms. The van der Waals surface area contributed by atoms with E-state index in [1.54, 1.807) is 12.1 Å². The molecule has 6 nitrogen and oxygen atoms in total. The molecule has 1 amide bonds. The van der Waals surface area contributed by atoms with Crippen molar-refractivity contribution in [2.24, 2.45) is 10.9 Å². The Morgan fingerprint density at radius 2 is 1.94 bits per heavy atom. The minimum Gasteiger partial charge on any atom is -0.365 e. The molecule has 0 aromatic heterocycles. The highest BCUT2D eigenvalue weighted by Crippen LogP contribution is 2.12. The van der Waals surface area contributed by atoms with Crippen molar-refractivity contribution in [2.75, 3.05) is 0 Å². The van der Waals surface area contributed by atoms with Gasteiger partial charge in [-0.05, 0) is 19.1 Å². The van der Waals surface area contributed by atoms with Gasteiger partial charge >= 0.3 is 10.1 Å². The standard InChI is InChI=1S/C9H10N2O4S/c1-7-2-4-8(5-3-7)16(13,14)15-11-6-9(10)12/h2-6H,1H3,(H2,10,12). The fraction of sp³-hybridized carbons (Fsp3) is 0.111. The van der Waals surface area contributed by atoms with Gasteiger partial charge in [-0.2, -0.15) is 8.42 Å². The van der Waals surface area contributed by atoms with Gasteiger partial charge in [-0.1, -0.05) is 22.9 Å². The number of aryl methyl sites for hydroxylation is 1. The molecule has 0 saturated heterocycles. The minimum atomic E-state index is -3.98. The number of primary amides is 1. The molecule has 0 fully saturated rings. The molecule has 86 valence electrons. The number of benzene rings is 1. The molecule has 0 aliphatic rings. The summed E-state index contributed by atoms with van der Waals surface area (Å²) in [7, 11) is -3.98. The molecule has 0 saturated carbocycles. The number of nitrogens with two attached hydrogens (primary N) is 1. The lowest BCUT2D eigenvalue weighted by atomic mass is 10.2. The zero-order valence-electron chi connectivity index (χ0n) is 8.45. The number of nitrogens with zero attached hydrogens (tertiary/aromatic N) is 1. The first-order chi connectivity index (χ1) is 7.42. The van der Waals surface area contributed by atoms with Crippen LogP contribution in [0, 0.1) is 6.92 Å². The Bertz CT molecular complexity index is 505. The fourth-order valence-electron chi connectivity index (χ4n) is 0.878. The van der Waals surface area contributed by atoms with Crippen LogP contribution in [0.3, 0.4) is 0 Å². The van der Waals surface area contributed by atoms with E-state index in [0.29, 0.717) is 6.21 Å². The third kappa shape index (κ3) is 3.35. The van der Waals surface area contributed by atoms with Crippen LogP contribution in [-0.4, -0.2) is 20.5 Å². The van der Waals surface area contributed by atoms with Crippen molar-refractivity contribution in [3.8, 4) is 0 Å². The summed E-state index contributed by atoms with van der Waals surface area (Å²) in [5, 5.41) is 2.95. The van der Waals surface area contributed by atoms with Gasteiger partial charge in [0.1, 0.15) is 11.1 Å². The van der Waals surface area contributed by atoms with Crippen LogP contribution in [0.2, 0.25) is 0 Å². The fourth-order valence-corrected chi connectivity index (χ4v) is 1.59. The van der Waals surface area contributed by atoms with Crippen molar-refractivity contribution in [1.29, 1.82) is 0 Å². The normalized spacial score (nSPS) is 11.6. The first-order valence-electron chi connectivity index (χ1n) is 4.25. The van der Waals surface area contributed by atoms with Crippen LogP contribution in [0.15, 0.2) is 34.3 Å². The Kier molecular flexibility index (Phi) is 3.62. The summed E-state index contributed by atoms with van der Waals surface area (Å²) in [6, 6.07) is 6.00. The second-order valence-corrected chi connectivity index (χ2v) is 4.51. The first kappa shape index (κ1) is 12.2. The molecule has 0 heterocycles. The van der Waals surface area contributed by atoms with Crippen molar-refractivity contribution in [1.82, 2.24) is 0 Å². The summed E-state index contributed by atoms with van der Waals surface area (Å²) in [5.41, 5.74) is 5.63. The van der Waals surface area contributed by atoms with Crippen LogP contribution in [0.25, 0.3) is 0 Å². The molecule has 0 bridgehead atoms. The number of oxime groups is 1. The smallest absolute Gasteiger partial charge is 0.358 e. The largest absolute Gasteiger partial charge is 0.365 e. The van der Waals surface area contributed by atoms with Gasteiger partial charge in [-0.3, -0.25) is 9.08 Å². The van der Waals surface area contributed by atoms with Gasteiger partial charge in [0.15, 0.2) is 0 Å². The third-order valence-electron chi connectivity index (χ3n) is 1.63. The Balaban J connectivity index is 2.86. The van der Waals surface area contributed by atoms with E-state index in [-0.39, 0.29) is 4.90 Å². The number of amides is 1. The van der Waals surface area contributed by atoms with Gasteiger partial charge in [0, 0.05) is 0 Å². The summed E-state index contributed by atoms with van der Waals surface area (Å²) in [6.45, 7) is 1.82. The van der Waals surface area contributed by atoms with E-state index < -0.39 is 16.0 Å². The summed E-state index contributed by atoms with van der Waals surface area (Å²) < 4.78 is 27.1. The highest BCUT2D eigenvalue weighted by molar-refractivity contribution is 7.86. The quantitative estimate of drug-likeness (QED) is 0.601. The maximum Gasteiger partial charge on any atom is 0.358 e. The van der Waals surface area contributed by atoms with Crippen molar-refractivity contribution in [3.05, 3.63) is 29.8 Å². The zero-order chi connectivity index (χ0) is 12.2. The molecule has 16 heavy (non-hydrogen) atoms. The second kappa shape index (κ2) is 4.75. The minimum absolute atomic E-state index is 0.0419. The van der Waals surface area contributed by atoms with E-state index in [1.165, 1.54) is 12.1 Å². The zero-order valence-corrected chi connectivity index (χ0v) is 9.27. The number of hydrogen-bond donors (Lipinski definition) is 1. The first-order valence-corrected chi connectivity index (χ1v) is 5.66. The van der Waals surface area contributed by atoms with Crippen LogP contribution >= 0.6 is 0 Å². The van der Waals surface area contributed by atoms with E-state index >= 15 is 0 Å². The van der Waals surface area contributed by atoms with Gasteiger partial charge in [-0.15, -0.1) is 0 Å². The molecular weight excluding hydrogens is 232 g/mol. The van der Waals surface area contributed by atoms with Gasteiger partial charge in [0.25, 0.3) is 5.91 Å². The SMILES string of the molecule is Cc1ccc(S(=O)(=O)ON=CC(N)=O)cc1. The average molecular weight is 242 g/mol. The van der Waals surface area contributed by atoms with Crippen molar-refractivity contribution in [2.45, 2.75) is 11.8 Å². The van der Waals surface area contributed by atoms with Gasteiger partial charge in [0.2, 0.25) is 0 Å². The topological polar surface area (TPSA) is 98.8 Å². The maximum absolute atomic E-state index is 11.4. The molecule has 2 N–H and O–H groups in total. The molecule has 0 atom stereocenters. The number of carbonyl (C=O) groups is 1. The Morgan fingerprint density at radius 3 is 2.44 bits per heavy atom. The van der Waals surface area contributed by atoms with Crippen molar-refractivity contribution >= 4 is 22.2 Å². The summed E-state index contributed by atoms with van der Waals surface area (Å²) in [5.74, 6) is -0.890. The molecule has 1 aromatic rings. The molecule has 1 rings (SSSR count). The van der Waals surface area contributed by atoms with Gasteiger partial charge in [0.05, 0.1) is 0 Å². The number of rotatable bonds is 4. The lowest BCUT2D eigenvalue weighted by molar-refractivity contribution is -0.111. The lowest BCUT2D eigenvalue weighted by Gasteiger charge is -2.00. The molecule has 0 aliphatic heterocycles. The Hall–Kier alpha value is -1.89. The van der Waals surface area contributed by atoms with E-state index in [4.69, 9.17) is 5.73 Å². The third-order valence-corrected chi connectivity index (χ3v) is 2.76. The van der Waals surface area contributed by atoms with Crippen LogP contribution in [0.5, 0.6) is 0 Å². The van der Waals surface area contributed by atoms with E-state index in [0.717, 1.165) is 5.56 Å². The Morgan fingerprint density at radius 1 is 1.38 bits per heavy atom. The predicted molar refractivity (Wildman–Crippen MR) is 57.1 cm³/mol. The van der Waals surface area contributed by atoms with Gasteiger partial charge < -0.3 is 5.73 Å². The van der Waals surface area contributed by atoms with Crippen LogP contribution < -0.4 is 5.73 Å². The lowest BCUT2D eigenvalue weighted by Crippen LogP contribution is -2.12. The molecule has 1 aromatic carbocycles. The monoisotopic (exact) mass is 242 g/mol. The predicted octanol–water partition coefficient (Wildman–Crippen LogP) is 0.171. The average Bonchev–Trinajstić information content (AvgIpc) is 2.17. The summed E-state index contributed by atoms with van der Waals surface area (Å²) in [6.07, 6.45) is 0.575. The summed E-state index contributed by atoms with van der Waals surface area (Å²) in [4.78, 5) is 10.2. The van der Waals surface area contributed by atoms with Crippen molar-refractivity contribution < 1.29 is 17.5 Å². The second-order valence-electron chi connectivity index (χ2n) is 2.98. The molecule has 0 radical (unpaired) electrons. The van der Waals surface area contributed by atoms with E-state index in [9.17, 15) is 13.2 Å². The highest BCUT2D eigenvalue weighted by Gasteiger charge is 2.14. The molecule has 0 aliphatic carbocycles. The molecule has 7 heteroatoms. The molecular formula is C9H10N2O4S. The number of hydrogen-bond acceptors (Lipinski definition) is 5. The van der Waals surface area contributed by atoms with Crippen LogP contribution in [0.4, 0.5) is 0 Å². The van der Waals surface area contributed by atoms with Gasteiger partial charge in [-0.25, -0.2) is 0 Å². The molecule has 0 unspecified atom stereocenters. The van der Waals surface area contributed by atoms with Crippen LogP contribution in [-0.2, 0) is 19.2 Å². The number of carbonyl (C=O) groups excluding carboxylic acids is 1. The van der Waals surface area contributed by atoms with Crippen LogP contribution in [0.1, 0.15) is 5.56 Å². The van der Waals surface area contributed by atoms with Crippen molar-refractivity contribution in [3.63, 3.8) is 0 Å². The summed E-state index contributed by atoms with van der Waals surface area (Å²) >= 11 is 0. The van der Waals surface area contributed by atoms with E-state index in [1.807, 2.05) is 6.92 Å².